The van der Waals surface area contributed by atoms with Crippen LogP contribution < -0.4 is 0 Å². The van der Waals surface area contributed by atoms with E-state index in [9.17, 15) is 19.6 Å². The quantitative estimate of drug-likeness (QED) is 0.246. The number of carboxylic acids is 1. The maximum Gasteiger partial charge on any atom is 0.309 e. The van der Waals surface area contributed by atoms with E-state index < -0.39 is 22.7 Å². The van der Waals surface area contributed by atoms with E-state index in [2.05, 4.69) is 12.1 Å². The van der Waals surface area contributed by atoms with E-state index in [1.165, 1.54) is 38.5 Å². The molecule has 0 saturated heterocycles. The molecular weight excluding hydrogens is 354 g/mol. The van der Waals surface area contributed by atoms with Gasteiger partial charge in [0.2, 0.25) is 0 Å². The summed E-state index contributed by atoms with van der Waals surface area (Å²) >= 11 is 0. The maximum absolute atomic E-state index is 11.5. The van der Waals surface area contributed by atoms with Gasteiger partial charge in [0.15, 0.2) is 0 Å². The Morgan fingerprint density at radius 3 is 1.75 bits per heavy atom. The third kappa shape index (κ3) is 8.00. The summed E-state index contributed by atoms with van der Waals surface area (Å²) < 4.78 is 0. The van der Waals surface area contributed by atoms with Crippen molar-refractivity contribution in [3.63, 3.8) is 0 Å². The zero-order valence-electron chi connectivity index (χ0n) is 18.7. The third-order valence-electron chi connectivity index (χ3n) is 6.97. The molecule has 0 radical (unpaired) electrons. The topological polar surface area (TPSA) is 83.8 Å². The van der Waals surface area contributed by atoms with Gasteiger partial charge in [-0.2, -0.15) is 0 Å². The molecule has 0 heterocycles. The molecule has 1 rings (SSSR count). The Balaban J connectivity index is 2.27. The van der Waals surface area contributed by atoms with Crippen LogP contribution in [0.2, 0.25) is 0 Å². The Bertz CT molecular complexity index is 535. The molecule has 5 heteroatoms. The number of carboxylic acid groups (broad SMARTS) is 1. The number of hydrogen-bond acceptors (Lipinski definition) is 3. The zero-order chi connectivity index (χ0) is 21.4. The second-order valence-electron chi connectivity index (χ2n) is 10.5. The van der Waals surface area contributed by atoms with E-state index in [0.717, 1.165) is 44.4 Å². The molecule has 1 fully saturated rings. The molecule has 1 N–H and O–H groups in total. The average molecular weight is 396 g/mol. The van der Waals surface area contributed by atoms with Crippen molar-refractivity contribution < 1.29 is 14.7 Å². The van der Waals surface area contributed by atoms with Crippen LogP contribution in [0.4, 0.5) is 0 Å². The zero-order valence-corrected chi connectivity index (χ0v) is 18.7. The van der Waals surface area contributed by atoms with Crippen LogP contribution in [0.5, 0.6) is 0 Å². The molecule has 0 aromatic carbocycles. The lowest BCUT2D eigenvalue weighted by Crippen LogP contribution is -2.23. The van der Waals surface area contributed by atoms with E-state index in [1.54, 1.807) is 13.8 Å². The minimum absolute atomic E-state index is 0.511. The van der Waals surface area contributed by atoms with Crippen LogP contribution in [0, 0.1) is 27.1 Å². The van der Waals surface area contributed by atoms with Gasteiger partial charge in [-0.25, -0.2) is 0 Å². The molecule has 28 heavy (non-hydrogen) atoms. The molecule has 1 saturated carbocycles. The van der Waals surface area contributed by atoms with E-state index in [4.69, 9.17) is 0 Å². The number of amides is 1. The van der Waals surface area contributed by atoms with Crippen molar-refractivity contribution in [2.45, 2.75) is 112 Å². The van der Waals surface area contributed by atoms with Crippen LogP contribution in [0.1, 0.15) is 112 Å². The van der Waals surface area contributed by atoms with Crippen molar-refractivity contribution in [1.29, 1.82) is 0 Å². The monoisotopic (exact) mass is 395 g/mol. The van der Waals surface area contributed by atoms with E-state index >= 15 is 0 Å². The van der Waals surface area contributed by atoms with Gasteiger partial charge < -0.3 is 5.11 Å². The predicted octanol–water partition coefficient (Wildman–Crippen LogP) is 6.73. The average Bonchev–Trinajstić information content (AvgIpc) is 3.36. The normalized spacial score (nSPS) is 17.2. The van der Waals surface area contributed by atoms with Crippen molar-refractivity contribution in [2.24, 2.45) is 27.3 Å². The Morgan fingerprint density at radius 2 is 1.36 bits per heavy atom. The number of hydrogen-bond donors (Lipinski definition) is 1. The van der Waals surface area contributed by atoms with Crippen molar-refractivity contribution >= 4 is 11.9 Å². The fourth-order valence-electron chi connectivity index (χ4n) is 4.05. The molecule has 0 aromatic rings. The largest absolute Gasteiger partial charge is 0.481 e. The second kappa shape index (κ2) is 10.5. The lowest BCUT2D eigenvalue weighted by atomic mass is 9.81. The van der Waals surface area contributed by atoms with Gasteiger partial charge in [-0.3, -0.25) is 9.59 Å². The van der Waals surface area contributed by atoms with Crippen LogP contribution in [-0.4, -0.2) is 17.0 Å². The first kappa shape index (κ1) is 24.8. The second-order valence-corrected chi connectivity index (χ2v) is 10.5. The van der Waals surface area contributed by atoms with Crippen molar-refractivity contribution in [2.75, 3.05) is 0 Å². The highest BCUT2D eigenvalue weighted by Gasteiger charge is 2.43. The van der Waals surface area contributed by atoms with Crippen molar-refractivity contribution in [1.82, 2.24) is 0 Å². The molecule has 5 nitrogen and oxygen atoms in total. The third-order valence-corrected chi connectivity index (χ3v) is 6.97. The Morgan fingerprint density at radius 1 is 0.893 bits per heavy atom. The van der Waals surface area contributed by atoms with Crippen LogP contribution >= 0.6 is 0 Å². The molecule has 162 valence electrons. The lowest BCUT2D eigenvalue weighted by Gasteiger charge is -2.24. The number of carbonyl (C=O) groups is 2. The highest BCUT2D eigenvalue weighted by molar-refractivity contribution is 5.82. The predicted molar refractivity (Wildman–Crippen MR) is 113 cm³/mol. The van der Waals surface area contributed by atoms with Crippen LogP contribution in [0.25, 0.3) is 0 Å². The first-order valence-electron chi connectivity index (χ1n) is 11.1. The number of nitroso groups, excluding NO2 is 1. The first-order chi connectivity index (χ1) is 12.9. The van der Waals surface area contributed by atoms with Crippen molar-refractivity contribution in [3.05, 3.63) is 4.91 Å². The highest BCUT2D eigenvalue weighted by atomic mass is 16.4. The number of aliphatic carboxylic acids is 1. The van der Waals surface area contributed by atoms with Gasteiger partial charge in [-0.15, -0.1) is 4.91 Å². The van der Waals surface area contributed by atoms with Gasteiger partial charge in [0, 0.05) is 10.6 Å². The van der Waals surface area contributed by atoms with Gasteiger partial charge >= 0.3 is 5.97 Å². The molecule has 1 amide bonds. The molecule has 0 aliphatic heterocycles. The van der Waals surface area contributed by atoms with E-state index in [0.29, 0.717) is 5.41 Å². The Hall–Kier alpha value is -1.26. The summed E-state index contributed by atoms with van der Waals surface area (Å²) in [5, 5.41) is 11.8. The summed E-state index contributed by atoms with van der Waals surface area (Å²) in [6.45, 7) is 9.63. The lowest BCUT2D eigenvalue weighted by molar-refractivity contribution is -0.147. The molecular formula is C23H41NO4. The van der Waals surface area contributed by atoms with Crippen LogP contribution in [-0.2, 0) is 9.59 Å². The molecule has 1 unspecified atom stereocenters. The number of nitrogens with zero attached hydrogens (tertiary/aromatic N) is 1. The summed E-state index contributed by atoms with van der Waals surface area (Å²) in [6, 6.07) is 0. The van der Waals surface area contributed by atoms with Crippen LogP contribution in [0.3, 0.4) is 0 Å². The van der Waals surface area contributed by atoms with Gasteiger partial charge in [0.25, 0.3) is 5.91 Å². The first-order valence-corrected chi connectivity index (χ1v) is 11.1. The number of rotatable bonds is 15. The smallest absolute Gasteiger partial charge is 0.309 e. The van der Waals surface area contributed by atoms with E-state index in [1.807, 2.05) is 13.8 Å². The van der Waals surface area contributed by atoms with Gasteiger partial charge in [0.05, 0.1) is 5.41 Å². The minimum atomic E-state index is -0.704. The van der Waals surface area contributed by atoms with Gasteiger partial charge in [-0.05, 0) is 63.7 Å². The molecule has 0 spiro atoms. The van der Waals surface area contributed by atoms with Crippen molar-refractivity contribution in [3.8, 4) is 0 Å². The molecule has 1 aliphatic rings. The minimum Gasteiger partial charge on any atom is -0.481 e. The van der Waals surface area contributed by atoms with Gasteiger partial charge in [0.1, 0.15) is 0 Å². The van der Waals surface area contributed by atoms with E-state index in [-0.39, 0.29) is 0 Å². The summed E-state index contributed by atoms with van der Waals surface area (Å²) in [4.78, 5) is 33.1. The number of carbonyl (C=O) groups excluding carboxylic acids is 1. The summed E-state index contributed by atoms with van der Waals surface area (Å²) in [5.74, 6) is -0.488. The molecule has 0 aromatic heterocycles. The summed E-state index contributed by atoms with van der Waals surface area (Å²) in [5.41, 5.74) is -0.735. The maximum atomic E-state index is 11.5. The SMILES string of the molecule is CC(C)(CCCCCC(CCCCCC(C)(C)C(=O)N=O)C1(C)CC1)C(=O)O. The number of unbranched alkanes of at least 4 members (excludes halogenated alkanes) is 4. The highest BCUT2D eigenvalue weighted by Crippen LogP contribution is 2.54. The molecule has 1 atom stereocenters. The van der Waals surface area contributed by atoms with Crippen LogP contribution in [0.15, 0.2) is 5.18 Å². The molecule has 1 aliphatic carbocycles. The fraction of sp³-hybridized carbons (Fsp3) is 0.913. The summed E-state index contributed by atoms with van der Waals surface area (Å²) in [6.07, 6.45) is 13.1. The molecule has 0 bridgehead atoms. The van der Waals surface area contributed by atoms with Gasteiger partial charge in [-0.1, -0.05) is 59.3 Å². The fourth-order valence-corrected chi connectivity index (χ4v) is 4.05. The standard InChI is InChI=1S/C23H41NO4/c1-21(2,19(25)24-28)14-10-6-8-12-18(23(5)16-17-23)13-9-7-11-15-22(3,4)20(26)27/h18H,6-17H2,1-5H3,(H,26,27). The Labute approximate surface area is 171 Å². The summed E-state index contributed by atoms with van der Waals surface area (Å²) in [7, 11) is 0. The Kier molecular flexibility index (Phi) is 9.29.